The molecule has 2 N–H and O–H groups in total. The van der Waals surface area contributed by atoms with Gasteiger partial charge in [-0.15, -0.1) is 0 Å². The summed E-state index contributed by atoms with van der Waals surface area (Å²) in [4.78, 5) is 9.06. The van der Waals surface area contributed by atoms with Gasteiger partial charge < -0.3 is 15.4 Å². The van der Waals surface area contributed by atoms with Gasteiger partial charge in [-0.3, -0.25) is 0 Å². The van der Waals surface area contributed by atoms with Crippen LogP contribution in [-0.4, -0.2) is 23.5 Å². The van der Waals surface area contributed by atoms with Crippen LogP contribution in [0.3, 0.4) is 0 Å². The lowest BCUT2D eigenvalue weighted by atomic mass is 10.2. The highest BCUT2D eigenvalue weighted by atomic mass is 16.5. The zero-order valence-electron chi connectivity index (χ0n) is 14.9. The molecule has 0 spiro atoms. The van der Waals surface area contributed by atoms with Crippen LogP contribution in [0.25, 0.3) is 0 Å². The molecule has 5 heteroatoms. The van der Waals surface area contributed by atoms with Crippen molar-refractivity contribution in [3.63, 3.8) is 0 Å². The van der Waals surface area contributed by atoms with Gasteiger partial charge in [0, 0.05) is 24.3 Å². The monoisotopic (exact) mass is 338 g/mol. The van der Waals surface area contributed by atoms with Crippen LogP contribution in [0.2, 0.25) is 0 Å². The standard InChI is InChI=1S/C20H26N4O/c1-3-21-20(24-18-12-15(18)2)23-13-17-10-7-11-22-19(17)25-14-16-8-5-4-6-9-16/h4-11,15,18H,3,12-14H2,1-2H3,(H2,21,23,24). The van der Waals surface area contributed by atoms with E-state index in [0.29, 0.717) is 25.1 Å². The van der Waals surface area contributed by atoms with Crippen molar-refractivity contribution in [3.05, 3.63) is 59.8 Å². The molecule has 0 aliphatic heterocycles. The molecule has 0 amide bonds. The van der Waals surface area contributed by atoms with Crippen molar-refractivity contribution in [3.8, 4) is 5.88 Å². The van der Waals surface area contributed by atoms with Gasteiger partial charge in [0.05, 0.1) is 6.54 Å². The summed E-state index contributed by atoms with van der Waals surface area (Å²) < 4.78 is 5.90. The van der Waals surface area contributed by atoms with Crippen LogP contribution in [0.5, 0.6) is 5.88 Å². The summed E-state index contributed by atoms with van der Waals surface area (Å²) in [6, 6.07) is 14.6. The molecule has 132 valence electrons. The third kappa shape index (κ3) is 5.21. The van der Waals surface area contributed by atoms with Crippen LogP contribution in [0, 0.1) is 5.92 Å². The van der Waals surface area contributed by atoms with Crippen molar-refractivity contribution in [1.29, 1.82) is 0 Å². The van der Waals surface area contributed by atoms with E-state index < -0.39 is 0 Å². The summed E-state index contributed by atoms with van der Waals surface area (Å²) in [6.07, 6.45) is 2.96. The lowest BCUT2D eigenvalue weighted by Crippen LogP contribution is -2.39. The number of aliphatic imine (C=N–C) groups is 1. The topological polar surface area (TPSA) is 58.5 Å². The van der Waals surface area contributed by atoms with Gasteiger partial charge in [-0.05, 0) is 30.9 Å². The fourth-order valence-corrected chi connectivity index (χ4v) is 2.58. The van der Waals surface area contributed by atoms with E-state index in [4.69, 9.17) is 4.74 Å². The molecule has 5 nitrogen and oxygen atoms in total. The van der Waals surface area contributed by atoms with Crippen LogP contribution in [0.15, 0.2) is 53.7 Å². The van der Waals surface area contributed by atoms with Crippen molar-refractivity contribution < 1.29 is 4.74 Å². The molecule has 1 aliphatic carbocycles. The second-order valence-electron chi connectivity index (χ2n) is 6.40. The molecule has 0 saturated heterocycles. The third-order valence-electron chi connectivity index (χ3n) is 4.25. The van der Waals surface area contributed by atoms with E-state index in [1.807, 2.05) is 42.5 Å². The van der Waals surface area contributed by atoms with Crippen molar-refractivity contribution in [1.82, 2.24) is 15.6 Å². The Morgan fingerprint density at radius 3 is 2.76 bits per heavy atom. The lowest BCUT2D eigenvalue weighted by Gasteiger charge is -2.12. The van der Waals surface area contributed by atoms with Gasteiger partial charge in [-0.1, -0.05) is 43.3 Å². The first-order valence-corrected chi connectivity index (χ1v) is 8.91. The summed E-state index contributed by atoms with van der Waals surface area (Å²) >= 11 is 0. The maximum absolute atomic E-state index is 5.90. The summed E-state index contributed by atoms with van der Waals surface area (Å²) in [5, 5.41) is 6.77. The minimum absolute atomic E-state index is 0.506. The first-order chi connectivity index (χ1) is 12.3. The molecule has 0 radical (unpaired) electrons. The van der Waals surface area contributed by atoms with E-state index in [0.717, 1.165) is 29.5 Å². The van der Waals surface area contributed by atoms with E-state index in [1.54, 1.807) is 6.20 Å². The van der Waals surface area contributed by atoms with Gasteiger partial charge in [0.1, 0.15) is 6.61 Å². The van der Waals surface area contributed by atoms with E-state index in [-0.39, 0.29) is 0 Å². The number of benzene rings is 1. The Hall–Kier alpha value is -2.56. The zero-order valence-corrected chi connectivity index (χ0v) is 14.9. The molecule has 1 aromatic heterocycles. The second-order valence-corrected chi connectivity index (χ2v) is 6.40. The number of guanidine groups is 1. The first-order valence-electron chi connectivity index (χ1n) is 8.91. The number of hydrogen-bond donors (Lipinski definition) is 2. The smallest absolute Gasteiger partial charge is 0.218 e. The normalized spacial score (nSPS) is 19.4. The summed E-state index contributed by atoms with van der Waals surface area (Å²) in [7, 11) is 0. The number of nitrogens with one attached hydrogen (secondary N) is 2. The Balaban J connectivity index is 1.63. The Morgan fingerprint density at radius 2 is 2.04 bits per heavy atom. The molecule has 1 aromatic carbocycles. The number of aromatic nitrogens is 1. The van der Waals surface area contributed by atoms with Crippen LogP contribution in [0.1, 0.15) is 31.4 Å². The van der Waals surface area contributed by atoms with Gasteiger partial charge in [0.25, 0.3) is 0 Å². The Bertz CT molecular complexity index is 702. The molecule has 1 fully saturated rings. The maximum atomic E-state index is 5.90. The number of rotatable bonds is 7. The highest BCUT2D eigenvalue weighted by Crippen LogP contribution is 2.28. The summed E-state index contributed by atoms with van der Waals surface area (Å²) in [5.41, 5.74) is 2.11. The maximum Gasteiger partial charge on any atom is 0.218 e. The van der Waals surface area contributed by atoms with Crippen molar-refractivity contribution in [2.45, 2.75) is 39.5 Å². The van der Waals surface area contributed by atoms with Crippen LogP contribution < -0.4 is 15.4 Å². The molecular weight excluding hydrogens is 312 g/mol. The predicted molar refractivity (Wildman–Crippen MR) is 101 cm³/mol. The van der Waals surface area contributed by atoms with Crippen LogP contribution >= 0.6 is 0 Å². The van der Waals surface area contributed by atoms with Gasteiger partial charge in [-0.2, -0.15) is 0 Å². The minimum Gasteiger partial charge on any atom is -0.473 e. The summed E-state index contributed by atoms with van der Waals surface area (Å²) in [5.74, 6) is 2.23. The average molecular weight is 338 g/mol. The average Bonchev–Trinajstić information content (AvgIpc) is 3.34. The number of pyridine rings is 1. The van der Waals surface area contributed by atoms with Gasteiger partial charge >= 0.3 is 0 Å². The number of ether oxygens (including phenoxy) is 1. The number of nitrogens with zero attached hydrogens (tertiary/aromatic N) is 2. The molecule has 0 bridgehead atoms. The van der Waals surface area contributed by atoms with Crippen LogP contribution in [0.4, 0.5) is 0 Å². The molecule has 1 saturated carbocycles. The van der Waals surface area contributed by atoms with Crippen molar-refractivity contribution >= 4 is 5.96 Å². The molecule has 2 atom stereocenters. The molecule has 25 heavy (non-hydrogen) atoms. The fraction of sp³-hybridized carbons (Fsp3) is 0.400. The van der Waals surface area contributed by atoms with Crippen molar-refractivity contribution in [2.24, 2.45) is 10.9 Å². The lowest BCUT2D eigenvalue weighted by molar-refractivity contribution is 0.290. The van der Waals surface area contributed by atoms with Gasteiger partial charge in [0.15, 0.2) is 5.96 Å². The van der Waals surface area contributed by atoms with Crippen molar-refractivity contribution in [2.75, 3.05) is 6.54 Å². The zero-order chi connectivity index (χ0) is 17.5. The highest BCUT2D eigenvalue weighted by Gasteiger charge is 2.33. The van der Waals surface area contributed by atoms with Gasteiger partial charge in [0.2, 0.25) is 5.88 Å². The molecule has 1 aliphatic rings. The van der Waals surface area contributed by atoms with Crippen LogP contribution in [-0.2, 0) is 13.2 Å². The number of hydrogen-bond acceptors (Lipinski definition) is 3. The third-order valence-corrected chi connectivity index (χ3v) is 4.25. The van der Waals surface area contributed by atoms with Gasteiger partial charge in [-0.25, -0.2) is 9.98 Å². The molecule has 3 rings (SSSR count). The largest absolute Gasteiger partial charge is 0.473 e. The van der Waals surface area contributed by atoms with E-state index in [9.17, 15) is 0 Å². The second kappa shape index (κ2) is 8.51. The Morgan fingerprint density at radius 1 is 1.24 bits per heavy atom. The highest BCUT2D eigenvalue weighted by molar-refractivity contribution is 5.80. The quantitative estimate of drug-likeness (QED) is 0.601. The molecule has 1 heterocycles. The fourth-order valence-electron chi connectivity index (χ4n) is 2.58. The molecular formula is C20H26N4O. The summed E-state index contributed by atoms with van der Waals surface area (Å²) in [6.45, 7) is 6.21. The first kappa shape index (κ1) is 17.3. The Kier molecular flexibility index (Phi) is 5.88. The predicted octanol–water partition coefficient (Wildman–Crippen LogP) is 3.12. The Labute approximate surface area is 149 Å². The van der Waals surface area contributed by atoms with E-state index in [2.05, 4.69) is 34.5 Å². The van der Waals surface area contributed by atoms with E-state index in [1.165, 1.54) is 6.42 Å². The molecule has 2 aromatic rings. The van der Waals surface area contributed by atoms with E-state index >= 15 is 0 Å². The SMILES string of the molecule is CCNC(=NCc1cccnc1OCc1ccccc1)NC1CC1C. The molecule has 2 unspecified atom stereocenters. The minimum atomic E-state index is 0.506.